The lowest BCUT2D eigenvalue weighted by Crippen LogP contribution is -2.03. The Labute approximate surface area is 129 Å². The first kappa shape index (κ1) is 15.6. The Bertz CT molecular complexity index is 647. The van der Waals surface area contributed by atoms with Gasteiger partial charge in [-0.25, -0.2) is 4.79 Å². The molecular formula is C18H18O4. The zero-order chi connectivity index (χ0) is 15.8. The van der Waals surface area contributed by atoms with Crippen molar-refractivity contribution in [1.82, 2.24) is 0 Å². The third-order valence-corrected chi connectivity index (χ3v) is 2.86. The van der Waals surface area contributed by atoms with Gasteiger partial charge in [0.15, 0.2) is 11.5 Å². The largest absolute Gasteiger partial charge is 0.493 e. The first-order valence-electron chi connectivity index (χ1n) is 6.98. The second kappa shape index (κ2) is 7.88. The van der Waals surface area contributed by atoms with Gasteiger partial charge in [-0.15, -0.1) is 0 Å². The van der Waals surface area contributed by atoms with Crippen LogP contribution >= 0.6 is 0 Å². The van der Waals surface area contributed by atoms with Gasteiger partial charge in [0.25, 0.3) is 0 Å². The fourth-order valence-corrected chi connectivity index (χ4v) is 1.87. The molecule has 0 aliphatic rings. The van der Waals surface area contributed by atoms with E-state index in [2.05, 4.69) is 0 Å². The molecule has 0 aliphatic carbocycles. The SMILES string of the molecule is CCOc1ccc(/C=C/C(=O)Oc2ccccc2)cc1OC. The number of hydrogen-bond acceptors (Lipinski definition) is 4. The zero-order valence-electron chi connectivity index (χ0n) is 12.6. The van der Waals surface area contributed by atoms with Crippen molar-refractivity contribution < 1.29 is 19.0 Å². The van der Waals surface area contributed by atoms with Crippen LogP contribution in [-0.4, -0.2) is 19.7 Å². The smallest absolute Gasteiger partial charge is 0.336 e. The highest BCUT2D eigenvalue weighted by Crippen LogP contribution is 2.28. The van der Waals surface area contributed by atoms with E-state index in [1.807, 2.05) is 37.3 Å². The number of esters is 1. The summed E-state index contributed by atoms with van der Waals surface area (Å²) in [5.74, 6) is 1.38. The number of ether oxygens (including phenoxy) is 3. The van der Waals surface area contributed by atoms with Crippen LogP contribution in [0.1, 0.15) is 12.5 Å². The molecule has 2 aromatic carbocycles. The van der Waals surface area contributed by atoms with E-state index in [0.29, 0.717) is 23.9 Å². The van der Waals surface area contributed by atoms with Gasteiger partial charge in [0.05, 0.1) is 13.7 Å². The molecular weight excluding hydrogens is 280 g/mol. The molecule has 0 heterocycles. The van der Waals surface area contributed by atoms with Gasteiger partial charge in [0, 0.05) is 6.08 Å². The Hall–Kier alpha value is -2.75. The minimum atomic E-state index is -0.431. The van der Waals surface area contributed by atoms with Crippen LogP contribution in [0.3, 0.4) is 0 Å². The van der Waals surface area contributed by atoms with Gasteiger partial charge in [0.2, 0.25) is 0 Å². The molecule has 4 heteroatoms. The molecule has 0 radical (unpaired) electrons. The Morgan fingerprint density at radius 1 is 1.09 bits per heavy atom. The number of carbonyl (C=O) groups is 1. The molecule has 114 valence electrons. The lowest BCUT2D eigenvalue weighted by molar-refractivity contribution is -0.128. The molecule has 0 bridgehead atoms. The van der Waals surface area contributed by atoms with Crippen molar-refractivity contribution in [2.24, 2.45) is 0 Å². The van der Waals surface area contributed by atoms with Crippen LogP contribution < -0.4 is 14.2 Å². The second-order valence-electron chi connectivity index (χ2n) is 4.41. The molecule has 4 nitrogen and oxygen atoms in total. The van der Waals surface area contributed by atoms with Gasteiger partial charge in [-0.1, -0.05) is 24.3 Å². The van der Waals surface area contributed by atoms with E-state index in [1.165, 1.54) is 6.08 Å². The van der Waals surface area contributed by atoms with Crippen LogP contribution in [0, 0.1) is 0 Å². The van der Waals surface area contributed by atoms with Crippen molar-refractivity contribution >= 4 is 12.0 Å². The molecule has 0 N–H and O–H groups in total. The number of methoxy groups -OCH3 is 1. The predicted octanol–water partition coefficient (Wildman–Crippen LogP) is 3.71. The van der Waals surface area contributed by atoms with Crippen molar-refractivity contribution in [2.45, 2.75) is 6.92 Å². The molecule has 0 fully saturated rings. The summed E-state index contributed by atoms with van der Waals surface area (Å²) in [4.78, 5) is 11.7. The van der Waals surface area contributed by atoms with Crippen molar-refractivity contribution in [1.29, 1.82) is 0 Å². The Balaban J connectivity index is 2.04. The quantitative estimate of drug-likeness (QED) is 0.463. The van der Waals surface area contributed by atoms with Crippen molar-refractivity contribution in [3.63, 3.8) is 0 Å². The van der Waals surface area contributed by atoms with Crippen molar-refractivity contribution in [3.05, 3.63) is 60.2 Å². The number of carbonyl (C=O) groups excluding carboxylic acids is 1. The van der Waals surface area contributed by atoms with Gasteiger partial charge in [-0.05, 0) is 42.8 Å². The van der Waals surface area contributed by atoms with Gasteiger partial charge in [-0.2, -0.15) is 0 Å². The monoisotopic (exact) mass is 298 g/mol. The maximum Gasteiger partial charge on any atom is 0.336 e. The van der Waals surface area contributed by atoms with E-state index in [-0.39, 0.29) is 0 Å². The van der Waals surface area contributed by atoms with E-state index in [0.717, 1.165) is 5.56 Å². The van der Waals surface area contributed by atoms with E-state index in [9.17, 15) is 4.79 Å². The molecule has 0 atom stereocenters. The summed E-state index contributed by atoms with van der Waals surface area (Å²) < 4.78 is 15.9. The molecule has 0 aliphatic heterocycles. The molecule has 2 rings (SSSR count). The predicted molar refractivity (Wildman–Crippen MR) is 85.3 cm³/mol. The fraction of sp³-hybridized carbons (Fsp3) is 0.167. The second-order valence-corrected chi connectivity index (χ2v) is 4.41. The maximum atomic E-state index is 11.7. The summed E-state index contributed by atoms with van der Waals surface area (Å²) in [5, 5.41) is 0. The Morgan fingerprint density at radius 3 is 2.55 bits per heavy atom. The number of hydrogen-bond donors (Lipinski definition) is 0. The van der Waals surface area contributed by atoms with E-state index >= 15 is 0 Å². The number of rotatable bonds is 6. The first-order chi connectivity index (χ1) is 10.7. The van der Waals surface area contributed by atoms with Crippen LogP contribution in [0.2, 0.25) is 0 Å². The molecule has 0 spiro atoms. The molecule has 0 saturated heterocycles. The van der Waals surface area contributed by atoms with Gasteiger partial charge in [0.1, 0.15) is 5.75 Å². The third kappa shape index (κ3) is 4.38. The van der Waals surface area contributed by atoms with Crippen molar-refractivity contribution in [2.75, 3.05) is 13.7 Å². The van der Waals surface area contributed by atoms with Crippen molar-refractivity contribution in [3.8, 4) is 17.2 Å². The zero-order valence-corrected chi connectivity index (χ0v) is 12.6. The highest BCUT2D eigenvalue weighted by Gasteiger charge is 2.04. The average Bonchev–Trinajstić information content (AvgIpc) is 2.55. The minimum Gasteiger partial charge on any atom is -0.493 e. The molecule has 0 unspecified atom stereocenters. The normalized spacial score (nSPS) is 10.5. The summed E-state index contributed by atoms with van der Waals surface area (Å²) in [6.45, 7) is 2.47. The van der Waals surface area contributed by atoms with Crippen LogP contribution in [-0.2, 0) is 4.79 Å². The minimum absolute atomic E-state index is 0.431. The topological polar surface area (TPSA) is 44.8 Å². The van der Waals surface area contributed by atoms with E-state index in [4.69, 9.17) is 14.2 Å². The van der Waals surface area contributed by atoms with Crippen LogP contribution in [0.25, 0.3) is 6.08 Å². The summed E-state index contributed by atoms with van der Waals surface area (Å²) in [5.41, 5.74) is 0.824. The average molecular weight is 298 g/mol. The van der Waals surface area contributed by atoms with Gasteiger partial charge >= 0.3 is 5.97 Å². The summed E-state index contributed by atoms with van der Waals surface area (Å²) in [7, 11) is 1.58. The fourth-order valence-electron chi connectivity index (χ4n) is 1.87. The molecule has 0 aromatic heterocycles. The summed E-state index contributed by atoms with van der Waals surface area (Å²) in [6.07, 6.45) is 3.05. The lowest BCUT2D eigenvalue weighted by Gasteiger charge is -2.09. The molecule has 0 saturated carbocycles. The van der Waals surface area contributed by atoms with E-state index in [1.54, 1.807) is 31.4 Å². The Kier molecular flexibility index (Phi) is 5.60. The molecule has 2 aromatic rings. The maximum absolute atomic E-state index is 11.7. The van der Waals surface area contributed by atoms with Gasteiger partial charge < -0.3 is 14.2 Å². The summed E-state index contributed by atoms with van der Waals surface area (Å²) in [6, 6.07) is 14.4. The van der Waals surface area contributed by atoms with Crippen LogP contribution in [0.4, 0.5) is 0 Å². The standard InChI is InChI=1S/C18H18O4/c1-3-21-16-11-9-14(13-17(16)20-2)10-12-18(19)22-15-7-5-4-6-8-15/h4-13H,3H2,1-2H3/b12-10+. The molecule has 0 amide bonds. The summed E-state index contributed by atoms with van der Waals surface area (Å²) >= 11 is 0. The highest BCUT2D eigenvalue weighted by atomic mass is 16.5. The lowest BCUT2D eigenvalue weighted by atomic mass is 10.2. The van der Waals surface area contributed by atoms with Crippen LogP contribution in [0.15, 0.2) is 54.6 Å². The first-order valence-corrected chi connectivity index (χ1v) is 6.98. The Morgan fingerprint density at radius 2 is 1.86 bits per heavy atom. The van der Waals surface area contributed by atoms with E-state index < -0.39 is 5.97 Å². The van der Waals surface area contributed by atoms with Crippen LogP contribution in [0.5, 0.6) is 17.2 Å². The third-order valence-electron chi connectivity index (χ3n) is 2.86. The highest BCUT2D eigenvalue weighted by molar-refractivity contribution is 5.88. The molecule has 22 heavy (non-hydrogen) atoms. The number of benzene rings is 2. The number of para-hydroxylation sites is 1. The van der Waals surface area contributed by atoms with Gasteiger partial charge in [-0.3, -0.25) is 0 Å².